The van der Waals surface area contributed by atoms with Gasteiger partial charge >= 0.3 is 0 Å². The molecule has 2 aliphatic rings. The highest BCUT2D eigenvalue weighted by molar-refractivity contribution is 5.79. The number of furan rings is 1. The van der Waals surface area contributed by atoms with Gasteiger partial charge in [-0.05, 0) is 50.7 Å². The number of carbonyl (C=O) groups is 1. The number of amides is 1. The van der Waals surface area contributed by atoms with Gasteiger partial charge in [-0.1, -0.05) is 12.8 Å². The molecule has 1 aromatic heterocycles. The number of nitrogens with two attached hydrogens (primary N) is 1. The molecular weight excluding hydrogens is 264 g/mol. The Labute approximate surface area is 126 Å². The first-order valence-corrected chi connectivity index (χ1v) is 8.32. The van der Waals surface area contributed by atoms with Gasteiger partial charge in [0.25, 0.3) is 0 Å². The Balaban J connectivity index is 1.69. The molecule has 4 nitrogen and oxygen atoms in total. The van der Waals surface area contributed by atoms with Gasteiger partial charge in [0.05, 0.1) is 12.8 Å². The van der Waals surface area contributed by atoms with E-state index in [4.69, 9.17) is 10.2 Å². The largest absolute Gasteiger partial charge is 0.467 e. The minimum Gasteiger partial charge on any atom is -0.467 e. The minimum absolute atomic E-state index is 0.167. The summed E-state index contributed by atoms with van der Waals surface area (Å²) in [4.78, 5) is 15.1. The Morgan fingerprint density at radius 2 is 1.90 bits per heavy atom. The third-order valence-corrected chi connectivity index (χ3v) is 5.08. The van der Waals surface area contributed by atoms with E-state index in [0.717, 1.165) is 44.3 Å². The predicted molar refractivity (Wildman–Crippen MR) is 81.4 cm³/mol. The van der Waals surface area contributed by atoms with Crippen molar-refractivity contribution in [2.24, 2.45) is 11.7 Å². The molecular formula is C17H26N2O2. The first-order chi connectivity index (χ1) is 10.2. The summed E-state index contributed by atoms with van der Waals surface area (Å²) in [7, 11) is 0. The zero-order valence-electron chi connectivity index (χ0n) is 12.7. The zero-order chi connectivity index (χ0) is 14.7. The Bertz CT molecular complexity index is 443. The molecule has 3 rings (SSSR count). The van der Waals surface area contributed by atoms with Crippen LogP contribution >= 0.6 is 0 Å². The SMILES string of the molecule is NC1CCC(C(=O)N(Cc2ccco2)C2CCCC2)CC1. The van der Waals surface area contributed by atoms with Crippen LogP contribution < -0.4 is 5.73 Å². The molecule has 0 atom stereocenters. The van der Waals surface area contributed by atoms with Crippen LogP contribution in [-0.4, -0.2) is 22.9 Å². The standard InChI is InChI=1S/C17H26N2O2/c18-14-9-7-13(8-10-14)17(20)19(15-4-1-2-5-15)12-16-6-3-11-21-16/h3,6,11,13-15H,1-2,4-5,7-10,12,18H2. The van der Waals surface area contributed by atoms with Crippen molar-refractivity contribution in [1.29, 1.82) is 0 Å². The number of rotatable bonds is 4. The van der Waals surface area contributed by atoms with E-state index in [9.17, 15) is 4.79 Å². The molecule has 2 aliphatic carbocycles. The van der Waals surface area contributed by atoms with Gasteiger partial charge in [0, 0.05) is 18.0 Å². The fraction of sp³-hybridized carbons (Fsp3) is 0.706. The molecule has 116 valence electrons. The molecule has 0 aromatic carbocycles. The van der Waals surface area contributed by atoms with Crippen LogP contribution in [0.1, 0.15) is 57.1 Å². The van der Waals surface area contributed by atoms with Crippen LogP contribution in [0.15, 0.2) is 22.8 Å². The third kappa shape index (κ3) is 3.49. The molecule has 1 heterocycles. The van der Waals surface area contributed by atoms with Crippen molar-refractivity contribution in [3.63, 3.8) is 0 Å². The molecule has 2 fully saturated rings. The van der Waals surface area contributed by atoms with Crippen molar-refractivity contribution in [2.75, 3.05) is 0 Å². The molecule has 4 heteroatoms. The lowest BCUT2D eigenvalue weighted by Crippen LogP contribution is -2.43. The van der Waals surface area contributed by atoms with Gasteiger partial charge in [0.2, 0.25) is 5.91 Å². The lowest BCUT2D eigenvalue weighted by Gasteiger charge is -2.34. The average Bonchev–Trinajstić information content (AvgIpc) is 3.18. The molecule has 1 aromatic rings. The van der Waals surface area contributed by atoms with Gasteiger partial charge in [-0.3, -0.25) is 4.79 Å². The predicted octanol–water partition coefficient (Wildman–Crippen LogP) is 3.07. The summed E-state index contributed by atoms with van der Waals surface area (Å²) in [5.41, 5.74) is 5.97. The van der Waals surface area contributed by atoms with Gasteiger partial charge in [-0.25, -0.2) is 0 Å². The van der Waals surface area contributed by atoms with E-state index in [1.165, 1.54) is 12.8 Å². The normalized spacial score (nSPS) is 26.9. The van der Waals surface area contributed by atoms with Crippen molar-refractivity contribution in [3.8, 4) is 0 Å². The van der Waals surface area contributed by atoms with Crippen molar-refractivity contribution in [3.05, 3.63) is 24.2 Å². The van der Waals surface area contributed by atoms with Crippen LogP contribution in [0.5, 0.6) is 0 Å². The fourth-order valence-electron chi connectivity index (χ4n) is 3.77. The first-order valence-electron chi connectivity index (χ1n) is 8.32. The maximum atomic E-state index is 13.0. The lowest BCUT2D eigenvalue weighted by atomic mass is 9.85. The second kappa shape index (κ2) is 6.65. The summed E-state index contributed by atoms with van der Waals surface area (Å²) in [6, 6.07) is 4.55. The van der Waals surface area contributed by atoms with Gasteiger partial charge in [0.1, 0.15) is 5.76 Å². The monoisotopic (exact) mass is 290 g/mol. The van der Waals surface area contributed by atoms with Crippen LogP contribution in [-0.2, 0) is 11.3 Å². The number of nitrogens with zero attached hydrogens (tertiary/aromatic N) is 1. The maximum Gasteiger partial charge on any atom is 0.226 e. The van der Waals surface area contributed by atoms with E-state index in [0.29, 0.717) is 24.5 Å². The van der Waals surface area contributed by atoms with Crippen molar-refractivity contribution in [2.45, 2.75) is 70.0 Å². The van der Waals surface area contributed by atoms with Crippen molar-refractivity contribution >= 4 is 5.91 Å². The van der Waals surface area contributed by atoms with Crippen molar-refractivity contribution in [1.82, 2.24) is 4.90 Å². The summed E-state index contributed by atoms with van der Waals surface area (Å²) in [5.74, 6) is 1.38. The van der Waals surface area contributed by atoms with E-state index < -0.39 is 0 Å². The molecule has 0 bridgehead atoms. The van der Waals surface area contributed by atoms with Crippen LogP contribution in [0, 0.1) is 5.92 Å². The summed E-state index contributed by atoms with van der Waals surface area (Å²) < 4.78 is 5.46. The van der Waals surface area contributed by atoms with Gasteiger partial charge in [-0.15, -0.1) is 0 Å². The Kier molecular flexibility index (Phi) is 4.63. The molecule has 1 amide bonds. The summed E-state index contributed by atoms with van der Waals surface area (Å²) >= 11 is 0. The van der Waals surface area contributed by atoms with E-state index >= 15 is 0 Å². The second-order valence-electron chi connectivity index (χ2n) is 6.60. The van der Waals surface area contributed by atoms with Crippen LogP contribution in [0.2, 0.25) is 0 Å². The number of hydrogen-bond acceptors (Lipinski definition) is 3. The van der Waals surface area contributed by atoms with E-state index in [1.54, 1.807) is 6.26 Å². The topological polar surface area (TPSA) is 59.5 Å². The van der Waals surface area contributed by atoms with E-state index in [2.05, 4.69) is 4.90 Å². The number of carbonyl (C=O) groups excluding carboxylic acids is 1. The highest BCUT2D eigenvalue weighted by Crippen LogP contribution is 2.30. The molecule has 2 saturated carbocycles. The summed E-state index contributed by atoms with van der Waals surface area (Å²) in [6.07, 6.45) is 10.3. The van der Waals surface area contributed by atoms with Gasteiger partial charge in [0.15, 0.2) is 0 Å². The Morgan fingerprint density at radius 1 is 1.19 bits per heavy atom. The lowest BCUT2D eigenvalue weighted by molar-refractivity contribution is -0.140. The van der Waals surface area contributed by atoms with Crippen LogP contribution in [0.3, 0.4) is 0 Å². The highest BCUT2D eigenvalue weighted by Gasteiger charge is 2.33. The van der Waals surface area contributed by atoms with Crippen LogP contribution in [0.25, 0.3) is 0 Å². The minimum atomic E-state index is 0.167. The quantitative estimate of drug-likeness (QED) is 0.927. The highest BCUT2D eigenvalue weighted by atomic mass is 16.3. The Hall–Kier alpha value is -1.29. The molecule has 21 heavy (non-hydrogen) atoms. The molecule has 0 spiro atoms. The van der Waals surface area contributed by atoms with E-state index in [1.807, 2.05) is 12.1 Å². The smallest absolute Gasteiger partial charge is 0.226 e. The molecule has 0 radical (unpaired) electrons. The molecule has 0 unspecified atom stereocenters. The molecule has 2 N–H and O–H groups in total. The third-order valence-electron chi connectivity index (χ3n) is 5.08. The molecule has 0 saturated heterocycles. The Morgan fingerprint density at radius 3 is 2.52 bits per heavy atom. The van der Waals surface area contributed by atoms with Crippen molar-refractivity contribution < 1.29 is 9.21 Å². The molecule has 0 aliphatic heterocycles. The maximum absolute atomic E-state index is 13.0. The van der Waals surface area contributed by atoms with Crippen LogP contribution in [0.4, 0.5) is 0 Å². The average molecular weight is 290 g/mol. The first kappa shape index (κ1) is 14.6. The summed E-state index contributed by atoms with van der Waals surface area (Å²) in [6.45, 7) is 0.624. The van der Waals surface area contributed by atoms with E-state index in [-0.39, 0.29) is 5.92 Å². The van der Waals surface area contributed by atoms with Gasteiger partial charge < -0.3 is 15.1 Å². The second-order valence-corrected chi connectivity index (χ2v) is 6.60. The zero-order valence-corrected chi connectivity index (χ0v) is 12.7. The number of hydrogen-bond donors (Lipinski definition) is 1. The summed E-state index contributed by atoms with van der Waals surface area (Å²) in [5, 5.41) is 0. The van der Waals surface area contributed by atoms with Gasteiger partial charge in [-0.2, -0.15) is 0 Å². The fourth-order valence-corrected chi connectivity index (χ4v) is 3.77.